The molecule has 86 valence electrons. The van der Waals surface area contributed by atoms with E-state index in [1.807, 2.05) is 0 Å². The molecule has 5 nitrogen and oxygen atoms in total. The summed E-state index contributed by atoms with van der Waals surface area (Å²) in [5.74, 6) is -1.99. The van der Waals surface area contributed by atoms with Gasteiger partial charge in [-0.05, 0) is 17.7 Å². The lowest BCUT2D eigenvalue weighted by Gasteiger charge is -2.04. The van der Waals surface area contributed by atoms with Gasteiger partial charge in [-0.25, -0.2) is 4.79 Å². The standard InChI is InChI=1S/C9H7BrFNO4/c1-16-9(13)6-2-5(4-10)3-7(11)8(6)12(14)15/h2-3H,4H2,1H3. The van der Waals surface area contributed by atoms with Crippen LogP contribution in [0.3, 0.4) is 0 Å². The molecule has 0 fully saturated rings. The van der Waals surface area contributed by atoms with Gasteiger partial charge in [-0.2, -0.15) is 4.39 Å². The minimum Gasteiger partial charge on any atom is -0.465 e. The van der Waals surface area contributed by atoms with Crippen molar-refractivity contribution in [1.29, 1.82) is 0 Å². The van der Waals surface area contributed by atoms with Gasteiger partial charge in [0.2, 0.25) is 5.82 Å². The zero-order valence-corrected chi connectivity index (χ0v) is 9.78. The molecule has 0 unspecified atom stereocenters. The zero-order chi connectivity index (χ0) is 12.3. The van der Waals surface area contributed by atoms with E-state index in [4.69, 9.17) is 0 Å². The van der Waals surface area contributed by atoms with Gasteiger partial charge in [0.15, 0.2) is 0 Å². The molecular weight excluding hydrogens is 285 g/mol. The van der Waals surface area contributed by atoms with Crippen LogP contribution in [0.2, 0.25) is 0 Å². The number of halogens is 2. The number of benzene rings is 1. The molecule has 1 aromatic carbocycles. The van der Waals surface area contributed by atoms with E-state index < -0.39 is 22.4 Å². The van der Waals surface area contributed by atoms with Crippen molar-refractivity contribution in [2.45, 2.75) is 5.33 Å². The molecule has 0 amide bonds. The van der Waals surface area contributed by atoms with Crippen LogP contribution in [-0.4, -0.2) is 18.0 Å². The Balaban J connectivity index is 3.46. The van der Waals surface area contributed by atoms with Crippen molar-refractivity contribution in [3.8, 4) is 0 Å². The van der Waals surface area contributed by atoms with Crippen molar-refractivity contribution in [2.75, 3.05) is 7.11 Å². The van der Waals surface area contributed by atoms with E-state index in [2.05, 4.69) is 20.7 Å². The van der Waals surface area contributed by atoms with Crippen LogP contribution in [0.4, 0.5) is 10.1 Å². The first-order chi connectivity index (χ1) is 7.51. The van der Waals surface area contributed by atoms with E-state index >= 15 is 0 Å². The maximum atomic E-state index is 13.4. The largest absolute Gasteiger partial charge is 0.465 e. The number of nitrogens with zero attached hydrogens (tertiary/aromatic N) is 1. The van der Waals surface area contributed by atoms with E-state index in [1.165, 1.54) is 6.07 Å². The highest BCUT2D eigenvalue weighted by Gasteiger charge is 2.26. The van der Waals surface area contributed by atoms with E-state index in [1.54, 1.807) is 0 Å². The first-order valence-corrected chi connectivity index (χ1v) is 5.24. The lowest BCUT2D eigenvalue weighted by molar-refractivity contribution is -0.387. The van der Waals surface area contributed by atoms with Gasteiger partial charge in [-0.1, -0.05) is 15.9 Å². The molecule has 0 atom stereocenters. The van der Waals surface area contributed by atoms with Crippen LogP contribution in [0.5, 0.6) is 0 Å². The molecule has 16 heavy (non-hydrogen) atoms. The Labute approximate surface area is 98.5 Å². The maximum absolute atomic E-state index is 13.4. The molecule has 0 saturated carbocycles. The second kappa shape index (κ2) is 5.02. The minimum atomic E-state index is -1.05. The molecule has 0 heterocycles. The topological polar surface area (TPSA) is 69.4 Å². The Hall–Kier alpha value is -1.50. The van der Waals surface area contributed by atoms with Crippen molar-refractivity contribution in [2.24, 2.45) is 0 Å². The van der Waals surface area contributed by atoms with Crippen LogP contribution >= 0.6 is 15.9 Å². The number of carbonyl (C=O) groups is 1. The van der Waals surface area contributed by atoms with Gasteiger partial charge in [-0.15, -0.1) is 0 Å². The third kappa shape index (κ3) is 2.35. The van der Waals surface area contributed by atoms with Crippen molar-refractivity contribution in [3.63, 3.8) is 0 Å². The number of hydrogen-bond donors (Lipinski definition) is 0. The second-order valence-electron chi connectivity index (χ2n) is 2.86. The predicted octanol–water partition coefficient (Wildman–Crippen LogP) is 2.42. The number of methoxy groups -OCH3 is 1. The van der Waals surface area contributed by atoms with Gasteiger partial charge in [0.25, 0.3) is 0 Å². The number of hydrogen-bond acceptors (Lipinski definition) is 4. The Morgan fingerprint density at radius 3 is 2.69 bits per heavy atom. The van der Waals surface area contributed by atoms with Crippen LogP contribution < -0.4 is 0 Å². The van der Waals surface area contributed by atoms with Crippen molar-refractivity contribution < 1.29 is 18.8 Å². The van der Waals surface area contributed by atoms with Gasteiger partial charge >= 0.3 is 11.7 Å². The number of nitro benzene ring substituents is 1. The summed E-state index contributed by atoms with van der Waals surface area (Å²) in [6.07, 6.45) is 0. The van der Waals surface area contributed by atoms with Gasteiger partial charge in [0.05, 0.1) is 12.0 Å². The average Bonchev–Trinajstić information content (AvgIpc) is 2.26. The number of carbonyl (C=O) groups excluding carboxylic acids is 1. The Morgan fingerprint density at radius 2 is 2.25 bits per heavy atom. The maximum Gasteiger partial charge on any atom is 0.345 e. The number of ether oxygens (including phenoxy) is 1. The normalized spacial score (nSPS) is 9.94. The monoisotopic (exact) mass is 291 g/mol. The van der Waals surface area contributed by atoms with Crippen LogP contribution in [0.25, 0.3) is 0 Å². The van der Waals surface area contributed by atoms with Gasteiger partial charge in [0.1, 0.15) is 5.56 Å². The molecule has 0 saturated heterocycles. The number of nitro groups is 1. The number of alkyl halides is 1. The highest BCUT2D eigenvalue weighted by molar-refractivity contribution is 9.08. The molecule has 0 spiro atoms. The molecule has 7 heteroatoms. The summed E-state index contributed by atoms with van der Waals surface area (Å²) in [6, 6.07) is 2.22. The van der Waals surface area contributed by atoms with E-state index in [9.17, 15) is 19.3 Å². The number of rotatable bonds is 3. The van der Waals surface area contributed by atoms with Crippen molar-refractivity contribution in [3.05, 3.63) is 39.2 Å². The lowest BCUT2D eigenvalue weighted by Crippen LogP contribution is -2.08. The fourth-order valence-corrected chi connectivity index (χ4v) is 1.51. The molecule has 0 N–H and O–H groups in total. The first-order valence-electron chi connectivity index (χ1n) is 4.12. The Bertz CT molecular complexity index is 449. The molecule has 0 radical (unpaired) electrons. The van der Waals surface area contributed by atoms with Gasteiger partial charge in [0, 0.05) is 5.33 Å². The predicted molar refractivity (Wildman–Crippen MR) is 57.0 cm³/mol. The quantitative estimate of drug-likeness (QED) is 0.371. The molecule has 0 bridgehead atoms. The summed E-state index contributed by atoms with van der Waals surface area (Å²) >= 11 is 3.07. The summed E-state index contributed by atoms with van der Waals surface area (Å²) in [5.41, 5.74) is -0.831. The van der Waals surface area contributed by atoms with Crippen LogP contribution in [0.15, 0.2) is 12.1 Å². The van der Waals surface area contributed by atoms with Crippen molar-refractivity contribution in [1.82, 2.24) is 0 Å². The molecule has 1 aromatic rings. The van der Waals surface area contributed by atoms with E-state index in [0.717, 1.165) is 13.2 Å². The van der Waals surface area contributed by atoms with Gasteiger partial charge < -0.3 is 4.74 Å². The van der Waals surface area contributed by atoms with Crippen LogP contribution in [0.1, 0.15) is 15.9 Å². The first kappa shape index (κ1) is 12.6. The Morgan fingerprint density at radius 1 is 1.62 bits per heavy atom. The van der Waals surface area contributed by atoms with E-state index in [0.29, 0.717) is 5.56 Å². The SMILES string of the molecule is COC(=O)c1cc(CBr)cc(F)c1[N+](=O)[O-]. The lowest BCUT2D eigenvalue weighted by atomic mass is 10.1. The highest BCUT2D eigenvalue weighted by Crippen LogP contribution is 2.26. The van der Waals surface area contributed by atoms with Crippen LogP contribution in [-0.2, 0) is 10.1 Å². The summed E-state index contributed by atoms with van der Waals surface area (Å²) in [4.78, 5) is 20.9. The molecule has 1 rings (SSSR count). The fourth-order valence-electron chi connectivity index (χ4n) is 1.18. The van der Waals surface area contributed by atoms with Crippen LogP contribution in [0, 0.1) is 15.9 Å². The third-order valence-electron chi connectivity index (χ3n) is 1.87. The smallest absolute Gasteiger partial charge is 0.345 e. The van der Waals surface area contributed by atoms with Crippen molar-refractivity contribution >= 4 is 27.6 Å². The molecule has 0 aliphatic carbocycles. The molecule has 0 aliphatic rings. The molecule has 0 aliphatic heterocycles. The summed E-state index contributed by atoms with van der Waals surface area (Å²) in [6.45, 7) is 0. The average molecular weight is 292 g/mol. The summed E-state index contributed by atoms with van der Waals surface area (Å²) in [5, 5.41) is 10.9. The Kier molecular flexibility index (Phi) is 3.94. The summed E-state index contributed by atoms with van der Waals surface area (Å²) in [7, 11) is 1.07. The second-order valence-corrected chi connectivity index (χ2v) is 3.42. The zero-order valence-electron chi connectivity index (χ0n) is 8.20. The minimum absolute atomic E-state index is 0.284. The third-order valence-corrected chi connectivity index (χ3v) is 2.51. The van der Waals surface area contributed by atoms with Gasteiger partial charge in [-0.3, -0.25) is 10.1 Å². The number of esters is 1. The fraction of sp³-hybridized carbons (Fsp3) is 0.222. The molecular formula is C9H7BrFNO4. The summed E-state index contributed by atoms with van der Waals surface area (Å²) < 4.78 is 17.7. The highest BCUT2D eigenvalue weighted by atomic mass is 79.9. The van der Waals surface area contributed by atoms with E-state index in [-0.39, 0.29) is 10.9 Å². The molecule has 0 aromatic heterocycles.